The van der Waals surface area contributed by atoms with Gasteiger partial charge in [0, 0.05) is 6.42 Å². The van der Waals surface area contributed by atoms with Crippen LogP contribution in [-0.2, 0) is 11.2 Å². The van der Waals surface area contributed by atoms with Crippen LogP contribution in [0.3, 0.4) is 0 Å². The number of aromatic nitrogens is 2. The van der Waals surface area contributed by atoms with Crippen LogP contribution in [0.1, 0.15) is 52.5 Å². The normalized spacial score (nSPS) is 22.7. The summed E-state index contributed by atoms with van der Waals surface area (Å²) in [7, 11) is 0. The maximum atomic E-state index is 12.4. The van der Waals surface area contributed by atoms with Crippen molar-refractivity contribution in [1.29, 1.82) is 0 Å². The first kappa shape index (κ1) is 16.1. The van der Waals surface area contributed by atoms with Gasteiger partial charge in [0.2, 0.25) is 11.0 Å². The maximum absolute atomic E-state index is 12.4. The molecule has 2 unspecified atom stereocenters. The Morgan fingerprint density at radius 1 is 1.38 bits per heavy atom. The van der Waals surface area contributed by atoms with Crippen LogP contribution in [0.2, 0.25) is 0 Å². The third kappa shape index (κ3) is 3.70. The number of hydrogen-bond donors (Lipinski definition) is 1. The first-order valence-corrected chi connectivity index (χ1v) is 8.46. The predicted octanol–water partition coefficient (Wildman–Crippen LogP) is 4.06. The van der Waals surface area contributed by atoms with Crippen LogP contribution < -0.4 is 5.32 Å². The average Bonchev–Trinajstić information content (AvgIpc) is 2.73. The minimum absolute atomic E-state index is 0.0374. The standard InChI is InChI=1S/C16H25N3OS/c1-6-7-8-12-18-19-15(21-12)17-14(20)13-11(9-10(2)3)16(13,4)5/h9,11,13H,6-8H2,1-5H3,(H,17,19,20). The van der Waals surface area contributed by atoms with Crippen LogP contribution in [0, 0.1) is 17.3 Å². The number of allylic oxidation sites excluding steroid dienone is 2. The number of rotatable bonds is 6. The molecule has 1 N–H and O–H groups in total. The van der Waals surface area contributed by atoms with Gasteiger partial charge in [0.1, 0.15) is 5.01 Å². The molecule has 21 heavy (non-hydrogen) atoms. The molecule has 2 rings (SSSR count). The second-order valence-electron chi connectivity index (χ2n) is 6.66. The van der Waals surface area contributed by atoms with Gasteiger partial charge in [0.05, 0.1) is 5.92 Å². The molecule has 1 amide bonds. The molecule has 1 aromatic rings. The lowest BCUT2D eigenvalue weighted by Gasteiger charge is -2.01. The number of amides is 1. The van der Waals surface area contributed by atoms with E-state index in [-0.39, 0.29) is 17.2 Å². The van der Waals surface area contributed by atoms with Crippen molar-refractivity contribution in [1.82, 2.24) is 10.2 Å². The van der Waals surface area contributed by atoms with Gasteiger partial charge in [-0.1, -0.05) is 50.2 Å². The van der Waals surface area contributed by atoms with E-state index in [1.165, 1.54) is 16.9 Å². The Morgan fingerprint density at radius 2 is 2.10 bits per heavy atom. The van der Waals surface area contributed by atoms with Crippen molar-refractivity contribution in [2.45, 2.75) is 53.9 Å². The number of anilines is 1. The van der Waals surface area contributed by atoms with Crippen molar-refractivity contribution in [3.63, 3.8) is 0 Å². The van der Waals surface area contributed by atoms with E-state index in [0.29, 0.717) is 11.0 Å². The number of unbranched alkanes of at least 4 members (excludes halogenated alkanes) is 1. The van der Waals surface area contributed by atoms with Gasteiger partial charge in [0.15, 0.2) is 0 Å². The van der Waals surface area contributed by atoms with Crippen LogP contribution in [0.15, 0.2) is 11.6 Å². The summed E-state index contributed by atoms with van der Waals surface area (Å²) in [6.45, 7) is 10.6. The summed E-state index contributed by atoms with van der Waals surface area (Å²) < 4.78 is 0. The molecule has 5 heteroatoms. The van der Waals surface area contributed by atoms with E-state index >= 15 is 0 Å². The Kier molecular flexibility index (Phi) is 4.81. The molecule has 1 heterocycles. The number of hydrogen-bond acceptors (Lipinski definition) is 4. The van der Waals surface area contributed by atoms with E-state index in [1.807, 2.05) is 0 Å². The van der Waals surface area contributed by atoms with Crippen LogP contribution in [0.25, 0.3) is 0 Å². The zero-order chi connectivity index (χ0) is 15.6. The van der Waals surface area contributed by atoms with E-state index in [1.54, 1.807) is 0 Å². The fourth-order valence-corrected chi connectivity index (χ4v) is 3.55. The molecule has 0 aromatic carbocycles. The number of carbonyl (C=O) groups excluding carboxylic acids is 1. The van der Waals surface area contributed by atoms with Crippen LogP contribution in [0.4, 0.5) is 5.13 Å². The fraction of sp³-hybridized carbons (Fsp3) is 0.688. The van der Waals surface area contributed by atoms with Gasteiger partial charge in [-0.05, 0) is 31.6 Å². The minimum atomic E-state index is 0.0374. The Hall–Kier alpha value is -1.23. The Labute approximate surface area is 131 Å². The molecule has 4 nitrogen and oxygen atoms in total. The summed E-state index contributed by atoms with van der Waals surface area (Å²) in [6.07, 6.45) is 5.40. The molecule has 1 fully saturated rings. The van der Waals surface area contributed by atoms with Crippen molar-refractivity contribution < 1.29 is 4.79 Å². The lowest BCUT2D eigenvalue weighted by Crippen LogP contribution is -2.16. The number of nitrogens with one attached hydrogen (secondary N) is 1. The SMILES string of the molecule is CCCCc1nnc(NC(=O)C2C(C=C(C)C)C2(C)C)s1. The molecule has 1 aromatic heterocycles. The molecule has 0 radical (unpaired) electrons. The third-order valence-corrected chi connectivity index (χ3v) is 5.05. The van der Waals surface area contributed by atoms with E-state index in [9.17, 15) is 4.79 Å². The number of nitrogens with zero attached hydrogens (tertiary/aromatic N) is 2. The second-order valence-corrected chi connectivity index (χ2v) is 7.72. The van der Waals surface area contributed by atoms with Gasteiger partial charge in [-0.25, -0.2) is 0 Å². The van der Waals surface area contributed by atoms with Crippen LogP contribution >= 0.6 is 11.3 Å². The number of carbonyl (C=O) groups is 1. The highest BCUT2D eigenvalue weighted by Gasteiger charge is 2.60. The molecule has 2 atom stereocenters. The zero-order valence-electron chi connectivity index (χ0n) is 13.6. The van der Waals surface area contributed by atoms with Crippen molar-refractivity contribution in [2.75, 3.05) is 5.32 Å². The smallest absolute Gasteiger partial charge is 0.230 e. The maximum Gasteiger partial charge on any atom is 0.230 e. The summed E-state index contributed by atoms with van der Waals surface area (Å²) in [5, 5.41) is 12.8. The van der Waals surface area contributed by atoms with Crippen molar-refractivity contribution in [3.8, 4) is 0 Å². The fourth-order valence-electron chi connectivity index (χ4n) is 2.76. The lowest BCUT2D eigenvalue weighted by atomic mass is 10.1. The van der Waals surface area contributed by atoms with E-state index in [0.717, 1.165) is 24.3 Å². The topological polar surface area (TPSA) is 54.9 Å². The molecule has 0 saturated heterocycles. The summed E-state index contributed by atoms with van der Waals surface area (Å²) >= 11 is 1.49. The van der Waals surface area contributed by atoms with E-state index in [2.05, 4.69) is 56.2 Å². The molecule has 1 saturated carbocycles. The minimum Gasteiger partial charge on any atom is -0.300 e. The molecule has 0 bridgehead atoms. The molecular formula is C16H25N3OS. The van der Waals surface area contributed by atoms with Crippen LogP contribution in [-0.4, -0.2) is 16.1 Å². The first-order valence-electron chi connectivity index (χ1n) is 7.64. The highest BCUT2D eigenvalue weighted by atomic mass is 32.1. The summed E-state index contributed by atoms with van der Waals surface area (Å²) in [6, 6.07) is 0. The summed E-state index contributed by atoms with van der Waals surface area (Å²) in [4.78, 5) is 12.4. The third-order valence-electron chi connectivity index (χ3n) is 4.15. The summed E-state index contributed by atoms with van der Waals surface area (Å²) in [5.74, 6) is 0.436. The monoisotopic (exact) mass is 307 g/mol. The molecule has 1 aliphatic rings. The Morgan fingerprint density at radius 3 is 2.71 bits per heavy atom. The zero-order valence-corrected chi connectivity index (χ0v) is 14.4. The average molecular weight is 307 g/mol. The molecule has 1 aliphatic carbocycles. The molecule has 116 valence electrons. The van der Waals surface area contributed by atoms with Crippen molar-refractivity contribution >= 4 is 22.4 Å². The van der Waals surface area contributed by atoms with Gasteiger partial charge in [-0.3, -0.25) is 4.79 Å². The lowest BCUT2D eigenvalue weighted by molar-refractivity contribution is -0.118. The van der Waals surface area contributed by atoms with Gasteiger partial charge >= 0.3 is 0 Å². The van der Waals surface area contributed by atoms with Crippen molar-refractivity contribution in [3.05, 3.63) is 16.7 Å². The highest BCUT2D eigenvalue weighted by Crippen LogP contribution is 2.59. The first-order chi connectivity index (χ1) is 9.86. The second kappa shape index (κ2) is 6.26. The Balaban J connectivity index is 1.96. The predicted molar refractivity (Wildman–Crippen MR) is 87.3 cm³/mol. The van der Waals surface area contributed by atoms with Crippen LogP contribution in [0.5, 0.6) is 0 Å². The largest absolute Gasteiger partial charge is 0.300 e. The van der Waals surface area contributed by atoms with E-state index in [4.69, 9.17) is 0 Å². The molecular weight excluding hydrogens is 282 g/mol. The quantitative estimate of drug-likeness (QED) is 0.806. The molecule has 0 spiro atoms. The number of aryl methyl sites for hydroxylation is 1. The highest BCUT2D eigenvalue weighted by molar-refractivity contribution is 7.15. The van der Waals surface area contributed by atoms with Gasteiger partial charge in [-0.2, -0.15) is 0 Å². The van der Waals surface area contributed by atoms with Gasteiger partial charge < -0.3 is 5.32 Å². The van der Waals surface area contributed by atoms with E-state index < -0.39 is 0 Å². The van der Waals surface area contributed by atoms with Gasteiger partial charge in [0.25, 0.3) is 0 Å². The van der Waals surface area contributed by atoms with Gasteiger partial charge in [-0.15, -0.1) is 10.2 Å². The molecule has 0 aliphatic heterocycles. The Bertz CT molecular complexity index is 543. The van der Waals surface area contributed by atoms with Crippen molar-refractivity contribution in [2.24, 2.45) is 17.3 Å². The summed E-state index contributed by atoms with van der Waals surface area (Å²) in [5.41, 5.74) is 1.30.